The van der Waals surface area contributed by atoms with Crippen molar-refractivity contribution in [1.29, 1.82) is 0 Å². The van der Waals surface area contributed by atoms with Gasteiger partial charge in [-0.05, 0) is 31.4 Å². The molecule has 5 nitrogen and oxygen atoms in total. The molecule has 1 heterocycles. The van der Waals surface area contributed by atoms with Crippen molar-refractivity contribution < 1.29 is 18.4 Å². The van der Waals surface area contributed by atoms with Gasteiger partial charge in [-0.15, -0.1) is 0 Å². The van der Waals surface area contributed by atoms with Crippen LogP contribution in [0.5, 0.6) is 0 Å². The molecule has 0 bridgehead atoms. The van der Waals surface area contributed by atoms with Crippen LogP contribution in [-0.2, 0) is 9.59 Å². The minimum absolute atomic E-state index is 0.0619. The summed E-state index contributed by atoms with van der Waals surface area (Å²) in [6, 6.07) is 3.16. The van der Waals surface area contributed by atoms with Crippen LogP contribution in [0.4, 0.5) is 14.5 Å². The summed E-state index contributed by atoms with van der Waals surface area (Å²) in [5, 5.41) is 4.92. The van der Waals surface area contributed by atoms with E-state index < -0.39 is 23.4 Å². The van der Waals surface area contributed by atoms with E-state index in [-0.39, 0.29) is 11.7 Å². The molecule has 2 amide bonds. The van der Waals surface area contributed by atoms with E-state index in [1.165, 1.54) is 25.7 Å². The molecule has 2 N–H and O–H groups in total. The van der Waals surface area contributed by atoms with Crippen molar-refractivity contribution in [1.82, 2.24) is 10.2 Å². The van der Waals surface area contributed by atoms with E-state index in [0.717, 1.165) is 31.6 Å². The Labute approximate surface area is 139 Å². The van der Waals surface area contributed by atoms with Gasteiger partial charge in [-0.3, -0.25) is 14.5 Å². The molecule has 1 aliphatic heterocycles. The highest BCUT2D eigenvalue weighted by molar-refractivity contribution is 6.39. The Bertz CT molecular complexity index is 612. The summed E-state index contributed by atoms with van der Waals surface area (Å²) in [5.41, 5.74) is -0.0772. The molecule has 1 aromatic carbocycles. The van der Waals surface area contributed by atoms with Gasteiger partial charge in [0.05, 0.1) is 0 Å². The number of carbonyl (C=O) groups excluding carboxylic acids is 2. The number of halogens is 2. The fourth-order valence-corrected chi connectivity index (χ4v) is 3.57. The molecule has 0 spiro atoms. The first-order valence-corrected chi connectivity index (χ1v) is 8.33. The van der Waals surface area contributed by atoms with Crippen molar-refractivity contribution in [3.63, 3.8) is 0 Å². The van der Waals surface area contributed by atoms with Crippen LogP contribution in [0, 0.1) is 11.6 Å². The van der Waals surface area contributed by atoms with Crippen molar-refractivity contribution in [2.45, 2.75) is 44.2 Å². The zero-order chi connectivity index (χ0) is 17.1. The van der Waals surface area contributed by atoms with Gasteiger partial charge in [0, 0.05) is 36.9 Å². The van der Waals surface area contributed by atoms with Crippen LogP contribution in [0.25, 0.3) is 0 Å². The third-order valence-electron chi connectivity index (χ3n) is 4.72. The topological polar surface area (TPSA) is 61.4 Å². The SMILES string of the molecule is O=C(Nc1cc(F)cc(F)c1)C(=O)N[C@H]1CCN(C2CCCC2)C1. The summed E-state index contributed by atoms with van der Waals surface area (Å²) < 4.78 is 26.2. The number of carbonyl (C=O) groups is 2. The van der Waals surface area contributed by atoms with Crippen molar-refractivity contribution in [3.05, 3.63) is 29.8 Å². The van der Waals surface area contributed by atoms with Gasteiger partial charge in [-0.1, -0.05) is 12.8 Å². The van der Waals surface area contributed by atoms with Crippen LogP contribution in [0.1, 0.15) is 32.1 Å². The Kier molecular flexibility index (Phi) is 5.08. The second-order valence-corrected chi connectivity index (χ2v) is 6.50. The van der Waals surface area contributed by atoms with Gasteiger partial charge in [0.1, 0.15) is 11.6 Å². The monoisotopic (exact) mass is 337 g/mol. The van der Waals surface area contributed by atoms with E-state index in [4.69, 9.17) is 0 Å². The predicted molar refractivity (Wildman–Crippen MR) is 85.4 cm³/mol. The van der Waals surface area contributed by atoms with Crippen LogP contribution in [-0.4, -0.2) is 41.9 Å². The first-order chi connectivity index (χ1) is 11.5. The number of hydrogen-bond acceptors (Lipinski definition) is 3. The smallest absolute Gasteiger partial charge is 0.313 e. The Hall–Kier alpha value is -2.02. The quantitative estimate of drug-likeness (QED) is 0.830. The highest BCUT2D eigenvalue weighted by Crippen LogP contribution is 2.26. The standard InChI is InChI=1S/C17H21F2N3O2/c18-11-7-12(19)9-14(8-11)21-17(24)16(23)20-13-5-6-22(10-13)15-3-1-2-4-15/h7-9,13,15H,1-6,10H2,(H,20,23)(H,21,24)/t13-/m0/s1. The fraction of sp³-hybridized carbons (Fsp3) is 0.529. The van der Waals surface area contributed by atoms with Crippen LogP contribution in [0.15, 0.2) is 18.2 Å². The molecule has 130 valence electrons. The average Bonchev–Trinajstić information content (AvgIpc) is 3.16. The molecule has 2 fully saturated rings. The van der Waals surface area contributed by atoms with Crippen LogP contribution < -0.4 is 10.6 Å². The highest BCUT2D eigenvalue weighted by Gasteiger charge is 2.31. The zero-order valence-electron chi connectivity index (χ0n) is 13.4. The summed E-state index contributed by atoms with van der Waals surface area (Å²) >= 11 is 0. The summed E-state index contributed by atoms with van der Waals surface area (Å²) in [7, 11) is 0. The lowest BCUT2D eigenvalue weighted by atomic mass is 10.2. The maximum atomic E-state index is 13.1. The van der Waals surface area contributed by atoms with Crippen molar-refractivity contribution in [2.75, 3.05) is 18.4 Å². The van der Waals surface area contributed by atoms with Gasteiger partial charge in [-0.2, -0.15) is 0 Å². The molecule has 0 radical (unpaired) electrons. The minimum Gasteiger partial charge on any atom is -0.344 e. The minimum atomic E-state index is -0.917. The summed E-state index contributed by atoms with van der Waals surface area (Å²) in [6.45, 7) is 1.67. The molecule has 1 atom stereocenters. The fourth-order valence-electron chi connectivity index (χ4n) is 3.57. The zero-order valence-corrected chi connectivity index (χ0v) is 13.4. The molecule has 1 saturated heterocycles. The van der Waals surface area contributed by atoms with E-state index in [0.29, 0.717) is 12.1 Å². The molecule has 24 heavy (non-hydrogen) atoms. The number of anilines is 1. The third-order valence-corrected chi connectivity index (χ3v) is 4.72. The van der Waals surface area contributed by atoms with Crippen molar-refractivity contribution in [2.24, 2.45) is 0 Å². The lowest BCUT2D eigenvalue weighted by Crippen LogP contribution is -2.43. The lowest BCUT2D eigenvalue weighted by Gasteiger charge is -2.23. The lowest BCUT2D eigenvalue weighted by molar-refractivity contribution is -0.136. The second kappa shape index (κ2) is 7.25. The van der Waals surface area contributed by atoms with E-state index in [1.807, 2.05) is 0 Å². The number of benzene rings is 1. The normalized spacial score (nSPS) is 21.8. The van der Waals surface area contributed by atoms with Crippen LogP contribution >= 0.6 is 0 Å². The van der Waals surface area contributed by atoms with Gasteiger partial charge in [0.2, 0.25) is 0 Å². The van der Waals surface area contributed by atoms with Crippen molar-refractivity contribution in [3.8, 4) is 0 Å². The van der Waals surface area contributed by atoms with Crippen molar-refractivity contribution >= 4 is 17.5 Å². The Morgan fingerprint density at radius 1 is 1.00 bits per heavy atom. The van der Waals surface area contributed by atoms with E-state index >= 15 is 0 Å². The largest absolute Gasteiger partial charge is 0.344 e. The highest BCUT2D eigenvalue weighted by atomic mass is 19.1. The third kappa shape index (κ3) is 4.08. The van der Waals surface area contributed by atoms with Gasteiger partial charge < -0.3 is 10.6 Å². The molecule has 1 aromatic rings. The molecule has 2 aliphatic rings. The van der Waals surface area contributed by atoms with Gasteiger partial charge in [0.15, 0.2) is 0 Å². The number of nitrogens with zero attached hydrogens (tertiary/aromatic N) is 1. The first-order valence-electron chi connectivity index (χ1n) is 8.33. The number of rotatable bonds is 3. The average molecular weight is 337 g/mol. The summed E-state index contributed by atoms with van der Waals surface area (Å²) in [6.07, 6.45) is 5.72. The number of hydrogen-bond donors (Lipinski definition) is 2. The number of likely N-dealkylation sites (tertiary alicyclic amines) is 1. The summed E-state index contributed by atoms with van der Waals surface area (Å²) in [4.78, 5) is 26.2. The Balaban J connectivity index is 1.50. The number of amides is 2. The molecule has 3 rings (SSSR count). The van der Waals surface area contributed by atoms with E-state index in [1.54, 1.807) is 0 Å². The molecular formula is C17H21F2N3O2. The molecule has 0 unspecified atom stereocenters. The van der Waals surface area contributed by atoms with Gasteiger partial charge in [-0.25, -0.2) is 8.78 Å². The molecule has 1 saturated carbocycles. The van der Waals surface area contributed by atoms with E-state index in [2.05, 4.69) is 15.5 Å². The first kappa shape index (κ1) is 16.8. The summed E-state index contributed by atoms with van der Waals surface area (Å²) in [5.74, 6) is -3.32. The molecular weight excluding hydrogens is 316 g/mol. The Morgan fingerprint density at radius 2 is 1.67 bits per heavy atom. The Morgan fingerprint density at radius 3 is 2.33 bits per heavy atom. The maximum Gasteiger partial charge on any atom is 0.313 e. The second-order valence-electron chi connectivity index (χ2n) is 6.50. The maximum absolute atomic E-state index is 13.1. The molecule has 1 aliphatic carbocycles. The predicted octanol–water partition coefficient (Wildman–Crippen LogP) is 2.04. The number of nitrogens with one attached hydrogen (secondary N) is 2. The van der Waals surface area contributed by atoms with Gasteiger partial charge in [0.25, 0.3) is 0 Å². The molecule has 0 aromatic heterocycles. The van der Waals surface area contributed by atoms with Crippen LogP contribution in [0.2, 0.25) is 0 Å². The van der Waals surface area contributed by atoms with E-state index in [9.17, 15) is 18.4 Å². The molecule has 7 heteroatoms. The van der Waals surface area contributed by atoms with Gasteiger partial charge >= 0.3 is 11.8 Å². The van der Waals surface area contributed by atoms with Crippen LogP contribution in [0.3, 0.4) is 0 Å².